The van der Waals surface area contributed by atoms with Crippen LogP contribution in [0.1, 0.15) is 23.1 Å². The summed E-state index contributed by atoms with van der Waals surface area (Å²) in [5.41, 5.74) is 3.05. The van der Waals surface area contributed by atoms with Crippen molar-refractivity contribution < 1.29 is 13.2 Å². The predicted octanol–water partition coefficient (Wildman–Crippen LogP) is 2.60. The highest BCUT2D eigenvalue weighted by Gasteiger charge is 2.28. The van der Waals surface area contributed by atoms with E-state index in [2.05, 4.69) is 0 Å². The van der Waals surface area contributed by atoms with Crippen LogP contribution < -0.4 is 0 Å². The average Bonchev–Trinajstić information content (AvgIpc) is 2.69. The number of aryl methyl sites for hydroxylation is 2. The van der Waals surface area contributed by atoms with E-state index in [1.54, 1.807) is 4.90 Å². The highest BCUT2D eigenvalue weighted by atomic mass is 32.2. The van der Waals surface area contributed by atoms with Gasteiger partial charge in [0.1, 0.15) is 0 Å². The number of sulfonamides is 1. The molecule has 5 nitrogen and oxygen atoms in total. The molecule has 0 saturated carbocycles. The van der Waals surface area contributed by atoms with Gasteiger partial charge in [-0.15, -0.1) is 0 Å². The number of nitrogens with zero attached hydrogens (tertiary/aromatic N) is 2. The third kappa shape index (κ3) is 5.40. The number of hydrogen-bond acceptors (Lipinski definition) is 3. The molecule has 0 unspecified atom stereocenters. The molecular formula is C21H26N2O3S. The van der Waals surface area contributed by atoms with Gasteiger partial charge in [-0.1, -0.05) is 60.2 Å². The SMILES string of the molecule is Cc1ccc(CS(=O)(=O)N2CCN(C(=O)CCc3ccccc3)CC2)cc1. The third-order valence-electron chi connectivity index (χ3n) is 4.92. The highest BCUT2D eigenvalue weighted by Crippen LogP contribution is 2.15. The molecule has 0 radical (unpaired) electrons. The van der Waals surface area contributed by atoms with Gasteiger partial charge in [0, 0.05) is 32.6 Å². The van der Waals surface area contributed by atoms with Crippen LogP contribution in [0, 0.1) is 6.92 Å². The van der Waals surface area contributed by atoms with Gasteiger partial charge in [-0.3, -0.25) is 4.79 Å². The molecule has 1 aliphatic rings. The molecule has 0 spiro atoms. The summed E-state index contributed by atoms with van der Waals surface area (Å²) < 4.78 is 26.8. The Morgan fingerprint density at radius 1 is 0.889 bits per heavy atom. The molecule has 3 rings (SSSR count). The standard InChI is InChI=1S/C21H26N2O3S/c1-18-7-9-20(10-8-18)17-27(25,26)23-15-13-22(14-16-23)21(24)12-11-19-5-3-2-4-6-19/h2-10H,11-17H2,1H3. The molecule has 6 heteroatoms. The van der Waals surface area contributed by atoms with E-state index in [1.807, 2.05) is 61.5 Å². The summed E-state index contributed by atoms with van der Waals surface area (Å²) in [7, 11) is -3.36. The second-order valence-electron chi connectivity index (χ2n) is 7.01. The van der Waals surface area contributed by atoms with Gasteiger partial charge in [0.25, 0.3) is 0 Å². The van der Waals surface area contributed by atoms with Gasteiger partial charge in [0.05, 0.1) is 5.75 Å². The van der Waals surface area contributed by atoms with E-state index in [4.69, 9.17) is 0 Å². The first-order valence-corrected chi connectivity index (χ1v) is 10.9. The molecule has 1 fully saturated rings. The monoisotopic (exact) mass is 386 g/mol. The molecule has 1 amide bonds. The second-order valence-corrected chi connectivity index (χ2v) is 8.98. The molecule has 1 heterocycles. The van der Waals surface area contributed by atoms with Crippen LogP contribution in [0.3, 0.4) is 0 Å². The molecule has 27 heavy (non-hydrogen) atoms. The first kappa shape index (κ1) is 19.6. The van der Waals surface area contributed by atoms with Crippen molar-refractivity contribution in [3.05, 3.63) is 71.3 Å². The van der Waals surface area contributed by atoms with E-state index in [-0.39, 0.29) is 11.7 Å². The largest absolute Gasteiger partial charge is 0.340 e. The summed E-state index contributed by atoms with van der Waals surface area (Å²) in [6.07, 6.45) is 1.17. The predicted molar refractivity (Wildman–Crippen MR) is 107 cm³/mol. The van der Waals surface area contributed by atoms with Crippen molar-refractivity contribution in [3.8, 4) is 0 Å². The van der Waals surface area contributed by atoms with E-state index in [0.29, 0.717) is 39.0 Å². The van der Waals surface area contributed by atoms with Gasteiger partial charge in [-0.25, -0.2) is 8.42 Å². The molecule has 1 saturated heterocycles. The summed E-state index contributed by atoms with van der Waals surface area (Å²) in [5, 5.41) is 0. The number of rotatable bonds is 6. The van der Waals surface area contributed by atoms with E-state index in [0.717, 1.165) is 16.7 Å². The summed E-state index contributed by atoms with van der Waals surface area (Å²) in [6, 6.07) is 17.5. The number of carbonyl (C=O) groups excluding carboxylic acids is 1. The molecule has 0 aromatic heterocycles. The van der Waals surface area contributed by atoms with Gasteiger partial charge < -0.3 is 4.90 Å². The lowest BCUT2D eigenvalue weighted by atomic mass is 10.1. The van der Waals surface area contributed by atoms with E-state index < -0.39 is 10.0 Å². The summed E-state index contributed by atoms with van der Waals surface area (Å²) in [6.45, 7) is 3.63. The molecule has 0 bridgehead atoms. The van der Waals surface area contributed by atoms with Crippen molar-refractivity contribution in [1.82, 2.24) is 9.21 Å². The Bertz CT molecular complexity index is 856. The van der Waals surface area contributed by atoms with E-state index >= 15 is 0 Å². The number of benzene rings is 2. The summed E-state index contributed by atoms with van der Waals surface area (Å²) >= 11 is 0. The van der Waals surface area contributed by atoms with Crippen molar-refractivity contribution in [2.45, 2.75) is 25.5 Å². The molecular weight excluding hydrogens is 360 g/mol. The van der Waals surface area contributed by atoms with Crippen molar-refractivity contribution in [2.24, 2.45) is 0 Å². The number of carbonyl (C=O) groups is 1. The van der Waals surface area contributed by atoms with Crippen LogP contribution in [-0.4, -0.2) is 49.7 Å². The minimum absolute atomic E-state index is 0.00916. The minimum atomic E-state index is -3.36. The van der Waals surface area contributed by atoms with Crippen LogP contribution in [0.2, 0.25) is 0 Å². The Morgan fingerprint density at radius 3 is 2.15 bits per heavy atom. The van der Waals surface area contributed by atoms with Crippen molar-refractivity contribution in [2.75, 3.05) is 26.2 Å². The molecule has 0 N–H and O–H groups in total. The van der Waals surface area contributed by atoms with Crippen LogP contribution in [0.4, 0.5) is 0 Å². The van der Waals surface area contributed by atoms with Crippen LogP contribution in [-0.2, 0) is 27.0 Å². The molecule has 2 aromatic carbocycles. The fourth-order valence-electron chi connectivity index (χ4n) is 3.26. The topological polar surface area (TPSA) is 57.7 Å². The Kier molecular flexibility index (Phi) is 6.29. The van der Waals surface area contributed by atoms with E-state index in [9.17, 15) is 13.2 Å². The first-order valence-electron chi connectivity index (χ1n) is 9.29. The fraction of sp³-hybridized carbons (Fsp3) is 0.381. The smallest absolute Gasteiger partial charge is 0.222 e. The van der Waals surface area contributed by atoms with Crippen molar-refractivity contribution in [3.63, 3.8) is 0 Å². The van der Waals surface area contributed by atoms with Crippen LogP contribution in [0.15, 0.2) is 54.6 Å². The van der Waals surface area contributed by atoms with Crippen molar-refractivity contribution in [1.29, 1.82) is 0 Å². The third-order valence-corrected chi connectivity index (χ3v) is 6.77. The van der Waals surface area contributed by atoms with E-state index in [1.165, 1.54) is 4.31 Å². The molecule has 0 aliphatic carbocycles. The zero-order valence-corrected chi connectivity index (χ0v) is 16.5. The Hall–Kier alpha value is -2.18. The van der Waals surface area contributed by atoms with Gasteiger partial charge in [-0.2, -0.15) is 4.31 Å². The Labute approximate surface area is 161 Å². The lowest BCUT2D eigenvalue weighted by Gasteiger charge is -2.34. The Morgan fingerprint density at radius 2 is 1.52 bits per heavy atom. The Balaban J connectivity index is 1.50. The maximum absolute atomic E-state index is 12.6. The molecule has 0 atom stereocenters. The lowest BCUT2D eigenvalue weighted by Crippen LogP contribution is -2.50. The van der Waals surface area contributed by atoms with Gasteiger partial charge >= 0.3 is 0 Å². The molecule has 144 valence electrons. The maximum atomic E-state index is 12.6. The molecule has 2 aromatic rings. The minimum Gasteiger partial charge on any atom is -0.340 e. The highest BCUT2D eigenvalue weighted by molar-refractivity contribution is 7.88. The quantitative estimate of drug-likeness (QED) is 0.767. The maximum Gasteiger partial charge on any atom is 0.222 e. The fourth-order valence-corrected chi connectivity index (χ4v) is 4.77. The average molecular weight is 387 g/mol. The zero-order valence-electron chi connectivity index (χ0n) is 15.7. The zero-order chi connectivity index (χ0) is 19.3. The first-order chi connectivity index (χ1) is 12.9. The normalized spacial score (nSPS) is 15.7. The van der Waals surface area contributed by atoms with Crippen LogP contribution >= 0.6 is 0 Å². The molecule has 1 aliphatic heterocycles. The lowest BCUT2D eigenvalue weighted by molar-refractivity contribution is -0.132. The van der Waals surface area contributed by atoms with Gasteiger partial charge in [0.2, 0.25) is 15.9 Å². The number of piperazine rings is 1. The second kappa shape index (κ2) is 8.67. The number of amides is 1. The number of hydrogen-bond donors (Lipinski definition) is 0. The van der Waals surface area contributed by atoms with Crippen LogP contribution in [0.5, 0.6) is 0 Å². The van der Waals surface area contributed by atoms with Crippen LogP contribution in [0.25, 0.3) is 0 Å². The van der Waals surface area contributed by atoms with Crippen molar-refractivity contribution >= 4 is 15.9 Å². The van der Waals surface area contributed by atoms with Gasteiger partial charge in [0.15, 0.2) is 0 Å². The summed E-state index contributed by atoms with van der Waals surface area (Å²) in [4.78, 5) is 14.2. The summed E-state index contributed by atoms with van der Waals surface area (Å²) in [5.74, 6) is 0.101. The van der Waals surface area contributed by atoms with Gasteiger partial charge in [-0.05, 0) is 24.5 Å².